The fraction of sp³-hybridized carbons (Fsp3) is 0.655. The molecule has 0 aliphatic heterocycles. The van der Waals surface area contributed by atoms with Crippen LogP contribution in [0.4, 0.5) is 0 Å². The van der Waals surface area contributed by atoms with Crippen LogP contribution in [0, 0.1) is 17.8 Å². The zero-order valence-corrected chi connectivity index (χ0v) is 19.7. The summed E-state index contributed by atoms with van der Waals surface area (Å²) >= 11 is 0. The van der Waals surface area contributed by atoms with Gasteiger partial charge in [-0.05, 0) is 80.8 Å². The largest absolute Gasteiger partial charge is 0.489 e. The van der Waals surface area contributed by atoms with Gasteiger partial charge in [0.15, 0.2) is 0 Å². The summed E-state index contributed by atoms with van der Waals surface area (Å²) in [6, 6.07) is 6.94. The van der Waals surface area contributed by atoms with E-state index in [1.54, 1.807) is 0 Å². The van der Waals surface area contributed by atoms with Crippen LogP contribution in [0.3, 0.4) is 0 Å². The van der Waals surface area contributed by atoms with Crippen LogP contribution < -0.4 is 4.74 Å². The van der Waals surface area contributed by atoms with Gasteiger partial charge >= 0.3 is 0 Å². The minimum atomic E-state index is 0.320. The van der Waals surface area contributed by atoms with E-state index in [0.29, 0.717) is 12.5 Å². The molecule has 0 N–H and O–H groups in total. The van der Waals surface area contributed by atoms with Crippen LogP contribution in [0.1, 0.15) is 108 Å². The third-order valence-corrected chi connectivity index (χ3v) is 7.95. The summed E-state index contributed by atoms with van der Waals surface area (Å²) in [6.07, 6.45) is 20.5. The number of hydrogen-bond acceptors (Lipinski definition) is 1. The summed E-state index contributed by atoms with van der Waals surface area (Å²) < 4.78 is 6.03. The van der Waals surface area contributed by atoms with E-state index < -0.39 is 0 Å². The van der Waals surface area contributed by atoms with Crippen LogP contribution >= 0.6 is 0 Å². The molecule has 2 aliphatic carbocycles. The summed E-state index contributed by atoms with van der Waals surface area (Å²) in [5.41, 5.74) is 2.81. The van der Waals surface area contributed by atoms with E-state index in [-0.39, 0.29) is 0 Å². The third-order valence-electron chi connectivity index (χ3n) is 7.95. The average molecular weight is 409 g/mol. The molecule has 0 saturated heterocycles. The van der Waals surface area contributed by atoms with Gasteiger partial charge in [-0.15, -0.1) is 6.58 Å². The smallest absolute Gasteiger partial charge is 0.123 e. The standard InChI is InChI=1S/C29H44O/c1-5-8-20-30-29-19-18-27(21-28(29)22(4)7-3)26-16-14-25(15-17-26)24-12-10-23(9-6-2)11-13-24/h5,7-8,18-19,21-26H,3,6,9-17,20H2,1-2,4H3. The minimum Gasteiger partial charge on any atom is -0.489 e. The van der Waals surface area contributed by atoms with Crippen molar-refractivity contribution in [1.29, 1.82) is 0 Å². The lowest BCUT2D eigenvalue weighted by Gasteiger charge is -2.38. The molecule has 0 heterocycles. The van der Waals surface area contributed by atoms with E-state index in [9.17, 15) is 0 Å². The van der Waals surface area contributed by atoms with Gasteiger partial charge < -0.3 is 4.74 Å². The van der Waals surface area contributed by atoms with Crippen molar-refractivity contribution < 1.29 is 4.74 Å². The Balaban J connectivity index is 1.59. The highest BCUT2D eigenvalue weighted by molar-refractivity contribution is 5.42. The Morgan fingerprint density at radius 1 is 1.03 bits per heavy atom. The maximum atomic E-state index is 6.03. The predicted molar refractivity (Wildman–Crippen MR) is 130 cm³/mol. The average Bonchev–Trinajstić information content (AvgIpc) is 2.80. The molecular formula is C29H44O. The second-order valence-corrected chi connectivity index (χ2v) is 9.88. The molecule has 166 valence electrons. The number of hydrogen-bond donors (Lipinski definition) is 0. The molecule has 0 aromatic heterocycles. The molecule has 1 atom stereocenters. The number of allylic oxidation sites excluding steroid dienone is 2. The number of benzene rings is 1. The first-order valence-corrected chi connectivity index (χ1v) is 12.7. The quantitative estimate of drug-likeness (QED) is 0.371. The van der Waals surface area contributed by atoms with Crippen LogP contribution in [-0.4, -0.2) is 6.61 Å². The van der Waals surface area contributed by atoms with Gasteiger partial charge in [0, 0.05) is 11.5 Å². The second-order valence-electron chi connectivity index (χ2n) is 9.88. The Hall–Kier alpha value is -1.50. The SMILES string of the molecule is C=CC(C)c1cc(C2CCC(C3CCC(CCC)CC3)CC2)ccc1OCC=CC. The summed E-state index contributed by atoms with van der Waals surface area (Å²) in [6.45, 7) is 11.3. The van der Waals surface area contributed by atoms with Gasteiger partial charge in [0.05, 0.1) is 0 Å². The number of rotatable bonds is 9. The Morgan fingerprint density at radius 2 is 1.70 bits per heavy atom. The molecule has 0 radical (unpaired) electrons. The lowest BCUT2D eigenvalue weighted by Crippen LogP contribution is -2.25. The Morgan fingerprint density at radius 3 is 2.30 bits per heavy atom. The van der Waals surface area contributed by atoms with E-state index in [1.807, 2.05) is 19.1 Å². The molecule has 0 bridgehead atoms. The first-order valence-electron chi connectivity index (χ1n) is 12.7. The highest BCUT2D eigenvalue weighted by Gasteiger charge is 2.31. The fourth-order valence-electron chi connectivity index (χ4n) is 5.95. The van der Waals surface area contributed by atoms with Gasteiger partial charge in [-0.2, -0.15) is 0 Å². The van der Waals surface area contributed by atoms with E-state index in [0.717, 1.165) is 29.4 Å². The van der Waals surface area contributed by atoms with Gasteiger partial charge in [0.2, 0.25) is 0 Å². The molecule has 2 saturated carbocycles. The topological polar surface area (TPSA) is 9.23 Å². The normalized spacial score (nSPS) is 28.4. The molecule has 1 heteroatoms. The molecule has 0 amide bonds. The fourth-order valence-corrected chi connectivity index (χ4v) is 5.95. The van der Waals surface area contributed by atoms with E-state index >= 15 is 0 Å². The van der Waals surface area contributed by atoms with Gasteiger partial charge in [-0.1, -0.05) is 69.9 Å². The lowest BCUT2D eigenvalue weighted by molar-refractivity contribution is 0.156. The van der Waals surface area contributed by atoms with Crippen LogP contribution in [0.2, 0.25) is 0 Å². The first kappa shape index (κ1) is 23.2. The summed E-state index contributed by atoms with van der Waals surface area (Å²) in [7, 11) is 0. The minimum absolute atomic E-state index is 0.320. The van der Waals surface area contributed by atoms with Crippen molar-refractivity contribution in [2.24, 2.45) is 17.8 Å². The van der Waals surface area contributed by atoms with Crippen molar-refractivity contribution in [3.63, 3.8) is 0 Å². The summed E-state index contributed by atoms with van der Waals surface area (Å²) in [5.74, 6) is 5.08. The predicted octanol–water partition coefficient (Wildman–Crippen LogP) is 8.81. The third kappa shape index (κ3) is 6.02. The molecule has 2 fully saturated rings. The monoisotopic (exact) mass is 408 g/mol. The van der Waals surface area contributed by atoms with Crippen molar-refractivity contribution in [2.45, 2.75) is 96.8 Å². The van der Waals surface area contributed by atoms with Crippen LogP contribution in [0.25, 0.3) is 0 Å². The zero-order valence-electron chi connectivity index (χ0n) is 19.7. The Bertz CT molecular complexity index is 672. The van der Waals surface area contributed by atoms with Crippen molar-refractivity contribution in [1.82, 2.24) is 0 Å². The van der Waals surface area contributed by atoms with Gasteiger partial charge in [-0.3, -0.25) is 0 Å². The van der Waals surface area contributed by atoms with Crippen LogP contribution in [-0.2, 0) is 0 Å². The summed E-state index contributed by atoms with van der Waals surface area (Å²) in [5, 5.41) is 0. The summed E-state index contributed by atoms with van der Waals surface area (Å²) in [4.78, 5) is 0. The molecule has 0 spiro atoms. The molecular weight excluding hydrogens is 364 g/mol. The molecule has 3 rings (SSSR count). The van der Waals surface area contributed by atoms with Gasteiger partial charge in [0.1, 0.15) is 12.4 Å². The van der Waals surface area contributed by atoms with E-state index in [1.165, 1.54) is 75.3 Å². The van der Waals surface area contributed by atoms with Crippen molar-refractivity contribution in [2.75, 3.05) is 6.61 Å². The maximum Gasteiger partial charge on any atom is 0.123 e. The van der Waals surface area contributed by atoms with E-state index in [4.69, 9.17) is 4.74 Å². The highest BCUT2D eigenvalue weighted by atomic mass is 16.5. The molecule has 2 aliphatic rings. The Labute approximate surface area is 186 Å². The highest BCUT2D eigenvalue weighted by Crippen LogP contribution is 2.45. The van der Waals surface area contributed by atoms with Crippen molar-refractivity contribution >= 4 is 0 Å². The van der Waals surface area contributed by atoms with Crippen molar-refractivity contribution in [3.05, 3.63) is 54.1 Å². The molecule has 1 unspecified atom stereocenters. The van der Waals surface area contributed by atoms with Gasteiger partial charge in [-0.25, -0.2) is 0 Å². The lowest BCUT2D eigenvalue weighted by atomic mass is 9.68. The first-order chi connectivity index (χ1) is 14.7. The van der Waals surface area contributed by atoms with Crippen molar-refractivity contribution in [3.8, 4) is 5.75 Å². The molecule has 1 aromatic carbocycles. The zero-order chi connectivity index (χ0) is 21.3. The molecule has 1 aromatic rings. The second kappa shape index (κ2) is 11.8. The number of ether oxygens (including phenoxy) is 1. The van der Waals surface area contributed by atoms with Crippen LogP contribution in [0.15, 0.2) is 43.0 Å². The maximum absolute atomic E-state index is 6.03. The van der Waals surface area contributed by atoms with E-state index in [2.05, 4.69) is 44.7 Å². The molecule has 30 heavy (non-hydrogen) atoms. The van der Waals surface area contributed by atoms with Crippen LogP contribution in [0.5, 0.6) is 5.75 Å². The Kier molecular flexibility index (Phi) is 9.09. The van der Waals surface area contributed by atoms with Gasteiger partial charge in [0.25, 0.3) is 0 Å². The molecule has 1 nitrogen and oxygen atoms in total.